The molecule has 0 spiro atoms. The van der Waals surface area contributed by atoms with Gasteiger partial charge in [0.25, 0.3) is 0 Å². The SMILES string of the molecule is Nc1ccncc1CC1(O)CCc2cc(Br)ccc2C1. The number of anilines is 1. The van der Waals surface area contributed by atoms with Crippen molar-refractivity contribution in [2.75, 3.05) is 5.73 Å². The zero-order chi connectivity index (χ0) is 14.2. The second-order valence-electron chi connectivity index (χ2n) is 5.57. The molecule has 1 heterocycles. The molecule has 20 heavy (non-hydrogen) atoms. The summed E-state index contributed by atoms with van der Waals surface area (Å²) in [4.78, 5) is 4.10. The number of nitrogens with two attached hydrogens (primary N) is 1. The monoisotopic (exact) mass is 332 g/mol. The van der Waals surface area contributed by atoms with Crippen molar-refractivity contribution < 1.29 is 5.11 Å². The van der Waals surface area contributed by atoms with E-state index in [1.54, 1.807) is 18.5 Å². The zero-order valence-electron chi connectivity index (χ0n) is 11.1. The van der Waals surface area contributed by atoms with Crippen LogP contribution in [0.25, 0.3) is 0 Å². The van der Waals surface area contributed by atoms with Gasteiger partial charge in [0.15, 0.2) is 0 Å². The highest BCUT2D eigenvalue weighted by atomic mass is 79.9. The number of hydrogen-bond acceptors (Lipinski definition) is 3. The van der Waals surface area contributed by atoms with Crippen LogP contribution in [0.3, 0.4) is 0 Å². The minimum Gasteiger partial charge on any atom is -0.398 e. The van der Waals surface area contributed by atoms with Crippen molar-refractivity contribution in [3.05, 3.63) is 57.8 Å². The van der Waals surface area contributed by atoms with Crippen molar-refractivity contribution in [3.8, 4) is 0 Å². The molecule has 104 valence electrons. The van der Waals surface area contributed by atoms with E-state index in [0.29, 0.717) is 18.5 Å². The Labute approximate surface area is 127 Å². The van der Waals surface area contributed by atoms with Crippen molar-refractivity contribution in [2.24, 2.45) is 0 Å². The number of halogens is 1. The molecule has 1 aliphatic carbocycles. The van der Waals surface area contributed by atoms with Gasteiger partial charge in [-0.1, -0.05) is 22.0 Å². The Hall–Kier alpha value is -1.39. The highest BCUT2D eigenvalue weighted by molar-refractivity contribution is 9.10. The van der Waals surface area contributed by atoms with Gasteiger partial charge in [0.05, 0.1) is 5.60 Å². The first-order chi connectivity index (χ1) is 9.56. The zero-order valence-corrected chi connectivity index (χ0v) is 12.7. The first kappa shape index (κ1) is 13.6. The van der Waals surface area contributed by atoms with Gasteiger partial charge in [-0.2, -0.15) is 0 Å². The number of aromatic nitrogens is 1. The molecule has 0 amide bonds. The van der Waals surface area contributed by atoms with Gasteiger partial charge in [-0.15, -0.1) is 0 Å². The number of nitrogens with zero attached hydrogens (tertiary/aromatic N) is 1. The number of aryl methyl sites for hydroxylation is 1. The fourth-order valence-electron chi connectivity index (χ4n) is 2.90. The van der Waals surface area contributed by atoms with E-state index in [2.05, 4.69) is 33.0 Å². The molecule has 1 unspecified atom stereocenters. The first-order valence-electron chi connectivity index (χ1n) is 6.74. The van der Waals surface area contributed by atoms with Crippen molar-refractivity contribution in [3.63, 3.8) is 0 Å². The summed E-state index contributed by atoms with van der Waals surface area (Å²) < 4.78 is 1.10. The maximum Gasteiger partial charge on any atom is 0.0732 e. The van der Waals surface area contributed by atoms with Gasteiger partial charge in [0, 0.05) is 35.4 Å². The number of hydrogen-bond donors (Lipinski definition) is 2. The molecule has 1 aromatic heterocycles. The lowest BCUT2D eigenvalue weighted by Crippen LogP contribution is -2.38. The summed E-state index contributed by atoms with van der Waals surface area (Å²) in [5.74, 6) is 0. The average Bonchev–Trinajstić information content (AvgIpc) is 2.42. The van der Waals surface area contributed by atoms with Crippen LogP contribution in [0, 0.1) is 0 Å². The Balaban J connectivity index is 1.84. The predicted molar refractivity (Wildman–Crippen MR) is 83.5 cm³/mol. The maximum atomic E-state index is 10.9. The Morgan fingerprint density at radius 2 is 2.15 bits per heavy atom. The molecule has 1 atom stereocenters. The molecule has 1 aliphatic rings. The molecule has 2 aromatic rings. The highest BCUT2D eigenvalue weighted by Crippen LogP contribution is 2.33. The quantitative estimate of drug-likeness (QED) is 0.888. The molecule has 4 heteroatoms. The number of aliphatic hydroxyl groups is 1. The molecule has 3 N–H and O–H groups in total. The van der Waals surface area contributed by atoms with Crippen LogP contribution in [0.2, 0.25) is 0 Å². The Morgan fingerprint density at radius 3 is 2.95 bits per heavy atom. The van der Waals surface area contributed by atoms with Crippen LogP contribution in [0.4, 0.5) is 5.69 Å². The summed E-state index contributed by atoms with van der Waals surface area (Å²) in [6, 6.07) is 8.05. The lowest BCUT2D eigenvalue weighted by Gasteiger charge is -2.34. The van der Waals surface area contributed by atoms with E-state index in [1.165, 1.54) is 11.1 Å². The van der Waals surface area contributed by atoms with Gasteiger partial charge >= 0.3 is 0 Å². The predicted octanol–water partition coefficient (Wildman–Crippen LogP) is 2.89. The van der Waals surface area contributed by atoms with E-state index in [0.717, 1.165) is 22.9 Å². The third-order valence-electron chi connectivity index (χ3n) is 4.01. The van der Waals surface area contributed by atoms with Crippen molar-refractivity contribution in [1.82, 2.24) is 4.98 Å². The summed E-state index contributed by atoms with van der Waals surface area (Å²) in [5, 5.41) is 10.9. The topological polar surface area (TPSA) is 59.1 Å². The first-order valence-corrected chi connectivity index (χ1v) is 7.53. The number of fused-ring (bicyclic) bond motifs is 1. The lowest BCUT2D eigenvalue weighted by molar-refractivity contribution is 0.0268. The third-order valence-corrected chi connectivity index (χ3v) is 4.50. The number of pyridine rings is 1. The van der Waals surface area contributed by atoms with Gasteiger partial charge in [0.1, 0.15) is 0 Å². The molecule has 0 bridgehead atoms. The summed E-state index contributed by atoms with van der Waals surface area (Å²) in [6.45, 7) is 0. The molecule has 0 radical (unpaired) electrons. The number of rotatable bonds is 2. The van der Waals surface area contributed by atoms with Gasteiger partial charge in [0.2, 0.25) is 0 Å². The molecule has 1 aromatic carbocycles. The molecular weight excluding hydrogens is 316 g/mol. The second-order valence-corrected chi connectivity index (χ2v) is 6.48. The Morgan fingerprint density at radius 1 is 1.30 bits per heavy atom. The summed E-state index contributed by atoms with van der Waals surface area (Å²) in [6.07, 6.45) is 6.31. The minimum atomic E-state index is -0.724. The van der Waals surface area contributed by atoms with Gasteiger partial charge in [-0.25, -0.2) is 0 Å². The number of nitrogen functional groups attached to an aromatic ring is 1. The summed E-state index contributed by atoms with van der Waals surface area (Å²) in [5.41, 5.74) is 9.41. The normalized spacial score (nSPS) is 21.5. The molecule has 3 rings (SSSR count). The molecule has 0 fully saturated rings. The Kier molecular flexibility index (Phi) is 3.52. The maximum absolute atomic E-state index is 10.9. The molecule has 3 nitrogen and oxygen atoms in total. The van der Waals surface area contributed by atoms with E-state index >= 15 is 0 Å². The fourth-order valence-corrected chi connectivity index (χ4v) is 3.31. The van der Waals surface area contributed by atoms with Crippen LogP contribution in [0.1, 0.15) is 23.1 Å². The van der Waals surface area contributed by atoms with E-state index in [1.807, 2.05) is 6.07 Å². The van der Waals surface area contributed by atoms with Crippen LogP contribution >= 0.6 is 15.9 Å². The lowest BCUT2D eigenvalue weighted by atomic mass is 9.77. The van der Waals surface area contributed by atoms with Crippen molar-refractivity contribution in [2.45, 2.75) is 31.3 Å². The van der Waals surface area contributed by atoms with Gasteiger partial charge in [-0.05, 0) is 47.7 Å². The van der Waals surface area contributed by atoms with Crippen molar-refractivity contribution >= 4 is 21.6 Å². The Bertz CT molecular complexity index is 644. The standard InChI is InChI=1S/C16H17BrN2O/c17-14-2-1-12-8-16(20,5-3-11(12)7-14)9-13-10-19-6-4-15(13)18/h1-2,4,6-7,10,20H,3,5,8-9H2,(H2,18,19). The molecular formula is C16H17BrN2O. The van der Waals surface area contributed by atoms with E-state index in [4.69, 9.17) is 5.73 Å². The second kappa shape index (κ2) is 5.19. The van der Waals surface area contributed by atoms with Crippen molar-refractivity contribution in [1.29, 1.82) is 0 Å². The van der Waals surface area contributed by atoms with Crippen LogP contribution in [0.5, 0.6) is 0 Å². The smallest absolute Gasteiger partial charge is 0.0732 e. The van der Waals surface area contributed by atoms with E-state index in [-0.39, 0.29) is 0 Å². The van der Waals surface area contributed by atoms with E-state index in [9.17, 15) is 5.11 Å². The highest BCUT2D eigenvalue weighted by Gasteiger charge is 2.32. The molecule has 0 saturated carbocycles. The molecule has 0 aliphatic heterocycles. The van der Waals surface area contributed by atoms with Crippen LogP contribution < -0.4 is 5.73 Å². The fraction of sp³-hybridized carbons (Fsp3) is 0.312. The average molecular weight is 333 g/mol. The third kappa shape index (κ3) is 2.72. The van der Waals surface area contributed by atoms with E-state index < -0.39 is 5.60 Å². The van der Waals surface area contributed by atoms with Crippen LogP contribution in [-0.4, -0.2) is 15.7 Å². The minimum absolute atomic E-state index is 0.558. The number of benzene rings is 1. The largest absolute Gasteiger partial charge is 0.398 e. The summed E-state index contributed by atoms with van der Waals surface area (Å²) in [7, 11) is 0. The summed E-state index contributed by atoms with van der Waals surface area (Å²) >= 11 is 3.49. The van der Waals surface area contributed by atoms with Crippen LogP contribution in [-0.2, 0) is 19.3 Å². The van der Waals surface area contributed by atoms with Gasteiger partial charge < -0.3 is 10.8 Å². The van der Waals surface area contributed by atoms with Crippen LogP contribution in [0.15, 0.2) is 41.1 Å². The van der Waals surface area contributed by atoms with Gasteiger partial charge in [-0.3, -0.25) is 4.98 Å². The molecule has 0 saturated heterocycles.